The minimum atomic E-state index is 0.248. The van der Waals surface area contributed by atoms with E-state index in [1.54, 1.807) is 0 Å². The van der Waals surface area contributed by atoms with Crippen LogP contribution in [0.1, 0.15) is 64.6 Å². The highest BCUT2D eigenvalue weighted by Crippen LogP contribution is 2.47. The van der Waals surface area contributed by atoms with E-state index in [4.69, 9.17) is 0 Å². The minimum Gasteiger partial charge on any atom is -0.310 e. The zero-order valence-corrected chi connectivity index (χ0v) is 13.2. The highest BCUT2D eigenvalue weighted by molar-refractivity contribution is 5.30. The predicted molar refractivity (Wildman–Crippen MR) is 83.4 cm³/mol. The molecule has 0 amide bonds. The second kappa shape index (κ2) is 5.66. The smallest absolute Gasteiger partial charge is 0.0351 e. The number of hydrogen-bond acceptors (Lipinski definition) is 1. The van der Waals surface area contributed by atoms with Gasteiger partial charge >= 0.3 is 0 Å². The number of benzene rings is 1. The third-order valence-electron chi connectivity index (χ3n) is 4.35. The van der Waals surface area contributed by atoms with Crippen LogP contribution in [0.25, 0.3) is 0 Å². The van der Waals surface area contributed by atoms with Gasteiger partial charge in [-0.2, -0.15) is 0 Å². The Morgan fingerprint density at radius 2 is 1.79 bits per heavy atom. The van der Waals surface area contributed by atoms with Crippen molar-refractivity contribution in [2.45, 2.75) is 58.9 Å². The van der Waals surface area contributed by atoms with Gasteiger partial charge in [0.15, 0.2) is 0 Å². The molecule has 19 heavy (non-hydrogen) atoms. The molecule has 1 aromatic rings. The maximum atomic E-state index is 3.74. The van der Waals surface area contributed by atoms with Crippen LogP contribution in [-0.2, 0) is 5.41 Å². The molecule has 0 bridgehead atoms. The molecule has 0 aliphatic heterocycles. The van der Waals surface area contributed by atoms with Crippen molar-refractivity contribution in [3.8, 4) is 0 Å². The van der Waals surface area contributed by atoms with Crippen molar-refractivity contribution in [3.63, 3.8) is 0 Å². The minimum absolute atomic E-state index is 0.248. The molecular weight excluding hydrogens is 230 g/mol. The molecule has 3 atom stereocenters. The fourth-order valence-electron chi connectivity index (χ4n) is 2.82. The molecule has 0 spiro atoms. The van der Waals surface area contributed by atoms with E-state index < -0.39 is 0 Å². The summed E-state index contributed by atoms with van der Waals surface area (Å²) in [6.45, 7) is 12.6. The van der Waals surface area contributed by atoms with Gasteiger partial charge in [0.05, 0.1) is 0 Å². The summed E-state index contributed by atoms with van der Waals surface area (Å²) >= 11 is 0. The molecule has 1 saturated carbocycles. The molecule has 0 heterocycles. The van der Waals surface area contributed by atoms with Crippen LogP contribution in [-0.4, -0.2) is 6.54 Å². The fraction of sp³-hybridized carbons (Fsp3) is 0.667. The van der Waals surface area contributed by atoms with E-state index in [9.17, 15) is 0 Å². The van der Waals surface area contributed by atoms with Crippen molar-refractivity contribution >= 4 is 0 Å². The maximum Gasteiger partial charge on any atom is 0.0351 e. The number of rotatable bonds is 5. The molecule has 0 radical (unpaired) electrons. The molecule has 1 heteroatoms. The lowest BCUT2D eigenvalue weighted by Gasteiger charge is -2.22. The zero-order chi connectivity index (χ0) is 14.0. The zero-order valence-electron chi connectivity index (χ0n) is 13.2. The quantitative estimate of drug-likeness (QED) is 0.809. The number of hydrogen-bond donors (Lipinski definition) is 1. The first-order chi connectivity index (χ1) is 8.93. The molecular formula is C18H29N. The van der Waals surface area contributed by atoms with Crippen molar-refractivity contribution < 1.29 is 0 Å². The van der Waals surface area contributed by atoms with Gasteiger partial charge in [0.2, 0.25) is 0 Å². The summed E-state index contributed by atoms with van der Waals surface area (Å²) in [6.07, 6.45) is 2.58. The average Bonchev–Trinajstić information content (AvgIpc) is 3.06. The molecule has 1 fully saturated rings. The third kappa shape index (κ3) is 3.60. The van der Waals surface area contributed by atoms with Crippen LogP contribution in [0, 0.1) is 11.8 Å². The van der Waals surface area contributed by atoms with E-state index in [1.165, 1.54) is 24.0 Å². The molecule has 0 saturated heterocycles. The Morgan fingerprint density at radius 3 is 2.21 bits per heavy atom. The Labute approximate surface area is 118 Å². The highest BCUT2D eigenvalue weighted by atomic mass is 14.9. The Balaban J connectivity index is 2.13. The van der Waals surface area contributed by atoms with Crippen LogP contribution in [0.15, 0.2) is 24.3 Å². The van der Waals surface area contributed by atoms with Crippen LogP contribution in [0.3, 0.4) is 0 Å². The Hall–Kier alpha value is -0.820. The first-order valence-corrected chi connectivity index (χ1v) is 7.77. The lowest BCUT2D eigenvalue weighted by atomic mass is 9.86. The Kier molecular flexibility index (Phi) is 4.35. The largest absolute Gasteiger partial charge is 0.310 e. The van der Waals surface area contributed by atoms with Gasteiger partial charge in [0.25, 0.3) is 0 Å². The van der Waals surface area contributed by atoms with Crippen LogP contribution in [0.2, 0.25) is 0 Å². The SMILES string of the molecule is CCCNC(c1ccc(C(C)(C)C)cc1)C1CC1C. The van der Waals surface area contributed by atoms with Crippen molar-refractivity contribution in [1.29, 1.82) is 0 Å². The second-order valence-electron chi connectivity index (χ2n) is 7.18. The molecule has 1 aliphatic carbocycles. The standard InChI is InChI=1S/C18H29N/c1-6-11-19-17(16-12-13(16)2)14-7-9-15(10-8-14)18(3,4)5/h7-10,13,16-17,19H,6,11-12H2,1-5H3. The third-order valence-corrected chi connectivity index (χ3v) is 4.35. The molecule has 1 N–H and O–H groups in total. The van der Waals surface area contributed by atoms with E-state index in [0.29, 0.717) is 6.04 Å². The molecule has 2 rings (SSSR count). The average molecular weight is 259 g/mol. The summed E-state index contributed by atoms with van der Waals surface area (Å²) in [7, 11) is 0. The monoisotopic (exact) mass is 259 g/mol. The lowest BCUT2D eigenvalue weighted by molar-refractivity contribution is 0.462. The number of nitrogens with one attached hydrogen (secondary N) is 1. The van der Waals surface area contributed by atoms with E-state index in [-0.39, 0.29) is 5.41 Å². The first kappa shape index (κ1) is 14.6. The van der Waals surface area contributed by atoms with Crippen molar-refractivity contribution in [3.05, 3.63) is 35.4 Å². The molecule has 3 unspecified atom stereocenters. The maximum absolute atomic E-state index is 3.74. The lowest BCUT2D eigenvalue weighted by Crippen LogP contribution is -2.24. The summed E-state index contributed by atoms with van der Waals surface area (Å²) in [5, 5.41) is 3.74. The van der Waals surface area contributed by atoms with Crippen LogP contribution in [0.4, 0.5) is 0 Å². The second-order valence-corrected chi connectivity index (χ2v) is 7.18. The van der Waals surface area contributed by atoms with Gasteiger partial charge in [0, 0.05) is 6.04 Å². The van der Waals surface area contributed by atoms with Gasteiger partial charge in [-0.05, 0) is 47.8 Å². The summed E-state index contributed by atoms with van der Waals surface area (Å²) in [6, 6.07) is 9.84. The first-order valence-electron chi connectivity index (χ1n) is 7.77. The van der Waals surface area contributed by atoms with E-state index in [0.717, 1.165) is 18.4 Å². The van der Waals surface area contributed by atoms with Crippen LogP contribution < -0.4 is 5.32 Å². The Bertz CT molecular complexity index is 399. The van der Waals surface area contributed by atoms with E-state index in [1.807, 2.05) is 0 Å². The van der Waals surface area contributed by atoms with Crippen LogP contribution >= 0.6 is 0 Å². The van der Waals surface area contributed by atoms with E-state index in [2.05, 4.69) is 64.2 Å². The van der Waals surface area contributed by atoms with Gasteiger partial charge in [-0.3, -0.25) is 0 Å². The van der Waals surface area contributed by atoms with Gasteiger partial charge < -0.3 is 5.32 Å². The molecule has 1 aromatic carbocycles. The predicted octanol–water partition coefficient (Wildman–Crippen LogP) is 4.68. The molecule has 1 aliphatic rings. The fourth-order valence-corrected chi connectivity index (χ4v) is 2.82. The summed E-state index contributed by atoms with van der Waals surface area (Å²) in [5.74, 6) is 1.73. The summed E-state index contributed by atoms with van der Waals surface area (Å²) in [5.41, 5.74) is 3.14. The highest BCUT2D eigenvalue weighted by Gasteiger charge is 2.39. The molecule has 1 nitrogen and oxygen atoms in total. The van der Waals surface area contributed by atoms with Crippen molar-refractivity contribution in [2.75, 3.05) is 6.54 Å². The van der Waals surface area contributed by atoms with Crippen molar-refractivity contribution in [2.24, 2.45) is 11.8 Å². The molecule has 0 aromatic heterocycles. The van der Waals surface area contributed by atoms with Crippen LogP contribution in [0.5, 0.6) is 0 Å². The topological polar surface area (TPSA) is 12.0 Å². The summed E-state index contributed by atoms with van der Waals surface area (Å²) < 4.78 is 0. The van der Waals surface area contributed by atoms with E-state index >= 15 is 0 Å². The normalized spacial score (nSPS) is 24.3. The molecule has 106 valence electrons. The van der Waals surface area contributed by atoms with Gasteiger partial charge in [-0.1, -0.05) is 58.9 Å². The van der Waals surface area contributed by atoms with Gasteiger partial charge in [0.1, 0.15) is 0 Å². The Morgan fingerprint density at radius 1 is 1.21 bits per heavy atom. The van der Waals surface area contributed by atoms with Crippen molar-refractivity contribution in [1.82, 2.24) is 5.32 Å². The summed E-state index contributed by atoms with van der Waals surface area (Å²) in [4.78, 5) is 0. The van der Waals surface area contributed by atoms with Gasteiger partial charge in [-0.25, -0.2) is 0 Å². The van der Waals surface area contributed by atoms with Gasteiger partial charge in [-0.15, -0.1) is 0 Å².